The molecule has 4 heterocycles. The number of anilines is 2. The summed E-state index contributed by atoms with van der Waals surface area (Å²) in [5, 5.41) is 15.7. The fourth-order valence-electron chi connectivity index (χ4n) is 5.13. The molecule has 1 aromatic carbocycles. The third-order valence-electron chi connectivity index (χ3n) is 6.83. The number of likely N-dealkylation sites (tertiary alicyclic amines) is 1. The van der Waals surface area contributed by atoms with Gasteiger partial charge in [0.15, 0.2) is 11.6 Å². The van der Waals surface area contributed by atoms with Crippen LogP contribution in [0.15, 0.2) is 36.7 Å². The van der Waals surface area contributed by atoms with Crippen LogP contribution < -0.4 is 15.4 Å². The Labute approximate surface area is 219 Å². The van der Waals surface area contributed by atoms with Crippen LogP contribution in [0.5, 0.6) is 5.75 Å². The van der Waals surface area contributed by atoms with E-state index in [4.69, 9.17) is 4.74 Å². The number of methoxy groups -OCH3 is 1. The lowest BCUT2D eigenvalue weighted by atomic mass is 9.91. The van der Waals surface area contributed by atoms with Gasteiger partial charge in [-0.25, -0.2) is 9.18 Å². The number of aromatic amines is 1. The summed E-state index contributed by atoms with van der Waals surface area (Å²) >= 11 is 0. The number of carboxylic acid groups (broad SMARTS) is 1. The lowest BCUT2D eigenvalue weighted by Gasteiger charge is -2.17. The molecule has 0 radical (unpaired) electrons. The number of rotatable bonds is 4. The molecule has 3 aromatic rings. The minimum absolute atomic E-state index is 0.0250. The van der Waals surface area contributed by atoms with E-state index >= 15 is 0 Å². The number of H-pyrrole nitrogens is 1. The molecule has 2 aromatic heterocycles. The van der Waals surface area contributed by atoms with Gasteiger partial charge in [-0.05, 0) is 30.0 Å². The molecule has 2 aliphatic rings. The number of para-hydroxylation sites is 1. The predicted octanol–water partition coefficient (Wildman–Crippen LogP) is 4.38. The molecule has 0 spiro atoms. The molecule has 196 valence electrons. The number of halogens is 1. The summed E-state index contributed by atoms with van der Waals surface area (Å²) in [7, 11) is 1.38. The van der Waals surface area contributed by atoms with Gasteiger partial charge in [-0.1, -0.05) is 31.8 Å². The summed E-state index contributed by atoms with van der Waals surface area (Å²) in [5.41, 5.74) is 3.65. The minimum Gasteiger partial charge on any atom is -0.492 e. The maximum atomic E-state index is 14.4. The van der Waals surface area contributed by atoms with Crippen LogP contribution in [0, 0.1) is 23.1 Å². The van der Waals surface area contributed by atoms with Gasteiger partial charge in [-0.2, -0.15) is 0 Å². The first kappa shape index (κ1) is 25.1. The van der Waals surface area contributed by atoms with Gasteiger partial charge in [-0.3, -0.25) is 14.7 Å². The Morgan fingerprint density at radius 2 is 2.16 bits per heavy atom. The van der Waals surface area contributed by atoms with Crippen molar-refractivity contribution in [2.75, 3.05) is 25.5 Å². The van der Waals surface area contributed by atoms with E-state index in [1.54, 1.807) is 30.6 Å². The Morgan fingerprint density at radius 1 is 1.34 bits per heavy atom. The number of nitrogens with one attached hydrogen (secondary N) is 3. The van der Waals surface area contributed by atoms with Crippen LogP contribution in [-0.4, -0.2) is 58.2 Å². The van der Waals surface area contributed by atoms with Crippen LogP contribution in [-0.2, 0) is 6.42 Å². The molecule has 38 heavy (non-hydrogen) atoms. The number of benzene rings is 1. The molecule has 9 nitrogen and oxygen atoms in total. The Balaban J connectivity index is 1.61. The highest BCUT2D eigenvalue weighted by Gasteiger charge is 2.39. The third kappa shape index (κ3) is 4.63. The highest BCUT2D eigenvalue weighted by atomic mass is 19.1. The number of nitrogens with zero attached hydrogens (tertiary/aromatic N) is 2. The Bertz CT molecular complexity index is 1490. The van der Waals surface area contributed by atoms with Gasteiger partial charge in [0.25, 0.3) is 5.91 Å². The van der Waals surface area contributed by atoms with Crippen molar-refractivity contribution in [1.29, 1.82) is 0 Å². The zero-order valence-corrected chi connectivity index (χ0v) is 21.3. The van der Waals surface area contributed by atoms with Gasteiger partial charge in [0.2, 0.25) is 0 Å². The topological polar surface area (TPSA) is 120 Å². The molecule has 1 fully saturated rings. The van der Waals surface area contributed by atoms with Crippen LogP contribution >= 0.6 is 0 Å². The van der Waals surface area contributed by atoms with E-state index in [-0.39, 0.29) is 17.1 Å². The Kier molecular flexibility index (Phi) is 6.45. The van der Waals surface area contributed by atoms with E-state index in [9.17, 15) is 19.1 Å². The average Bonchev–Trinajstić information content (AvgIpc) is 3.40. The number of carbonyl (C=O) groups excluding carboxylic acids is 1. The monoisotopic (exact) mass is 517 g/mol. The number of amides is 2. The number of ether oxygens (including phenoxy) is 1. The molecule has 0 aliphatic carbocycles. The van der Waals surface area contributed by atoms with E-state index in [2.05, 4.69) is 32.4 Å². The second kappa shape index (κ2) is 9.74. The van der Waals surface area contributed by atoms with Crippen LogP contribution in [0.3, 0.4) is 0 Å². The number of aromatic nitrogens is 2. The van der Waals surface area contributed by atoms with Crippen LogP contribution in [0.4, 0.5) is 20.6 Å². The van der Waals surface area contributed by atoms with Gasteiger partial charge >= 0.3 is 6.09 Å². The molecular formula is C28H28FN5O4. The van der Waals surface area contributed by atoms with Crippen molar-refractivity contribution < 1.29 is 23.8 Å². The van der Waals surface area contributed by atoms with Crippen molar-refractivity contribution in [3.63, 3.8) is 0 Å². The summed E-state index contributed by atoms with van der Waals surface area (Å²) in [6.45, 7) is 4.93. The van der Waals surface area contributed by atoms with E-state index < -0.39 is 18.0 Å². The van der Waals surface area contributed by atoms with Gasteiger partial charge in [0.1, 0.15) is 0 Å². The highest BCUT2D eigenvalue weighted by Crippen LogP contribution is 2.40. The molecule has 2 amide bonds. The van der Waals surface area contributed by atoms with Crippen molar-refractivity contribution in [2.24, 2.45) is 5.41 Å². The molecule has 0 unspecified atom stereocenters. The second-order valence-electron chi connectivity index (χ2n) is 10.2. The summed E-state index contributed by atoms with van der Waals surface area (Å²) in [4.78, 5) is 33.7. The molecular weight excluding hydrogens is 489 g/mol. The lowest BCUT2D eigenvalue weighted by molar-refractivity contribution is 0.0946. The first-order valence-corrected chi connectivity index (χ1v) is 12.3. The average molecular weight is 518 g/mol. The second-order valence-corrected chi connectivity index (χ2v) is 10.2. The molecule has 2 aliphatic heterocycles. The van der Waals surface area contributed by atoms with E-state index in [0.717, 1.165) is 5.69 Å². The molecule has 10 heteroatoms. The fraction of sp³-hybridized carbons (Fsp3) is 0.321. The minimum atomic E-state index is -1.00. The number of carbonyl (C=O) groups is 2. The SMILES string of the molecule is COc1c(F)cccc1Nc1c(-c2ccncc2C#C[C@H]2CC(C)(C)CN2C(=O)O)[nH]c2c1C(=O)NCC2. The summed E-state index contributed by atoms with van der Waals surface area (Å²) in [6, 6.07) is 5.85. The maximum absolute atomic E-state index is 14.4. The number of pyridine rings is 1. The van der Waals surface area contributed by atoms with Gasteiger partial charge in [0.05, 0.1) is 41.3 Å². The van der Waals surface area contributed by atoms with Crippen LogP contribution in [0.25, 0.3) is 11.3 Å². The summed E-state index contributed by atoms with van der Waals surface area (Å²) < 4.78 is 19.7. The smallest absolute Gasteiger partial charge is 0.408 e. The fourth-order valence-corrected chi connectivity index (χ4v) is 5.13. The summed E-state index contributed by atoms with van der Waals surface area (Å²) in [5.74, 6) is 5.51. The quantitative estimate of drug-likeness (QED) is 0.381. The van der Waals surface area contributed by atoms with Crippen molar-refractivity contribution in [1.82, 2.24) is 20.2 Å². The van der Waals surface area contributed by atoms with Gasteiger partial charge < -0.3 is 25.5 Å². The number of fused-ring (bicyclic) bond motifs is 1. The molecule has 5 rings (SSSR count). The van der Waals surface area contributed by atoms with Crippen molar-refractivity contribution in [3.05, 3.63) is 59.3 Å². The van der Waals surface area contributed by atoms with E-state index in [1.165, 1.54) is 18.1 Å². The highest BCUT2D eigenvalue weighted by molar-refractivity contribution is 6.06. The lowest BCUT2D eigenvalue weighted by Crippen LogP contribution is -2.34. The van der Waals surface area contributed by atoms with E-state index in [1.807, 2.05) is 13.8 Å². The normalized spacial score (nSPS) is 17.7. The third-order valence-corrected chi connectivity index (χ3v) is 6.83. The molecule has 1 atom stereocenters. The van der Waals surface area contributed by atoms with Crippen LogP contribution in [0.1, 0.15) is 41.9 Å². The number of hydrogen-bond acceptors (Lipinski definition) is 5. The van der Waals surface area contributed by atoms with Crippen LogP contribution in [0.2, 0.25) is 0 Å². The zero-order chi connectivity index (χ0) is 27.0. The Morgan fingerprint density at radius 3 is 2.92 bits per heavy atom. The largest absolute Gasteiger partial charge is 0.492 e. The van der Waals surface area contributed by atoms with Gasteiger partial charge in [0, 0.05) is 43.2 Å². The number of hydrogen-bond donors (Lipinski definition) is 4. The first-order valence-electron chi connectivity index (χ1n) is 12.3. The van der Waals surface area contributed by atoms with Crippen molar-refractivity contribution >= 4 is 23.4 Å². The van der Waals surface area contributed by atoms with Gasteiger partial charge in [-0.15, -0.1) is 0 Å². The summed E-state index contributed by atoms with van der Waals surface area (Å²) in [6.07, 6.45) is 3.44. The van der Waals surface area contributed by atoms with Crippen molar-refractivity contribution in [2.45, 2.75) is 32.7 Å². The van der Waals surface area contributed by atoms with E-state index in [0.29, 0.717) is 59.7 Å². The standard InChI is InChI=1S/C28H28FN5O4/c1-28(2)13-17(34(15-28)27(36)37)8-7-16-14-30-11-9-18(16)23-24(22-20(32-23)10-12-31-26(22)35)33-21-6-4-5-19(29)25(21)38-3/h4-6,9,11,14,17,32-33H,10,12-13,15H2,1-3H3,(H,31,35)(H,36,37)/t17-/m0/s1. The first-order chi connectivity index (χ1) is 18.2. The molecule has 0 saturated carbocycles. The predicted molar refractivity (Wildman–Crippen MR) is 140 cm³/mol. The van der Waals surface area contributed by atoms with Crippen molar-refractivity contribution in [3.8, 4) is 28.8 Å². The zero-order valence-electron chi connectivity index (χ0n) is 21.3. The molecule has 1 saturated heterocycles. The maximum Gasteiger partial charge on any atom is 0.408 e. The molecule has 4 N–H and O–H groups in total. The Hall–Kier alpha value is -4.52. The molecule has 0 bridgehead atoms.